The summed E-state index contributed by atoms with van der Waals surface area (Å²) in [4.78, 5) is 58.3. The Bertz CT molecular complexity index is 2600. The minimum atomic E-state index is -1.64. The van der Waals surface area contributed by atoms with Crippen molar-refractivity contribution < 1.29 is 58.6 Å². The smallest absolute Gasteiger partial charge is 0.309 e. The summed E-state index contributed by atoms with van der Waals surface area (Å²) < 4.78 is 25.2. The number of hydrogen-bond acceptors (Lipinski definition) is 12. The Morgan fingerprint density at radius 2 is 0.404 bits per heavy atom. The van der Waals surface area contributed by atoms with Crippen LogP contribution in [0.5, 0.6) is 23.0 Å². The molecule has 0 aliphatic heterocycles. The van der Waals surface area contributed by atoms with E-state index in [1.807, 2.05) is 215 Å². The molecule has 4 atom stereocenters. The zero-order valence-electron chi connectivity index (χ0n) is 60.1. The van der Waals surface area contributed by atoms with Crippen LogP contribution in [0.15, 0.2) is 48.5 Å². The van der Waals surface area contributed by atoms with E-state index in [9.17, 15) is 39.6 Å². The molecule has 4 aromatic rings. The molecule has 0 bridgehead atoms. The molecule has 0 heterocycles. The Morgan fingerprint density at radius 3 is 0.517 bits per heavy atom. The van der Waals surface area contributed by atoms with Crippen LogP contribution in [0.25, 0.3) is 0 Å². The average Bonchev–Trinajstić information content (AvgIpc) is 3.08. The second kappa shape index (κ2) is 27.4. The van der Waals surface area contributed by atoms with Crippen LogP contribution in [-0.2, 0) is 107 Å². The molecule has 0 aliphatic carbocycles. The molecule has 0 saturated heterocycles. The van der Waals surface area contributed by atoms with Gasteiger partial charge in [-0.05, 0) is 136 Å². The molecule has 4 N–H and O–H groups in total. The molecule has 0 amide bonds. The number of benzene rings is 4. The molecular formula is C77H116O12. The third kappa shape index (κ3) is 20.0. The number of phenols is 4. The van der Waals surface area contributed by atoms with Gasteiger partial charge in [0.15, 0.2) is 0 Å². The van der Waals surface area contributed by atoms with Crippen LogP contribution in [0.2, 0.25) is 0 Å². The van der Waals surface area contributed by atoms with Crippen LogP contribution in [0, 0.1) is 29.1 Å². The second-order valence-electron chi connectivity index (χ2n) is 34.5. The first-order chi connectivity index (χ1) is 40.1. The van der Waals surface area contributed by atoms with Crippen molar-refractivity contribution in [1.29, 1.82) is 0 Å². The Morgan fingerprint density at radius 1 is 0.281 bits per heavy atom. The van der Waals surface area contributed by atoms with Crippen molar-refractivity contribution in [2.75, 3.05) is 26.4 Å². The number of rotatable bonds is 20. The van der Waals surface area contributed by atoms with E-state index in [4.69, 9.17) is 18.9 Å². The fourth-order valence-corrected chi connectivity index (χ4v) is 11.3. The lowest BCUT2D eigenvalue weighted by Gasteiger charge is -2.33. The van der Waals surface area contributed by atoms with Crippen molar-refractivity contribution in [3.05, 3.63) is 115 Å². The SMILES string of the molecule is CC(Cc1cc(C(C)(C)C)c(O)c(C(C)(C)C)c1)C(=O)OCC(COC(=O)C(C)Cc1cc(C(C)(C)C)c(O)c(C(C)(C)C)c1)(COC(=O)C(C)Cc1cc(C(C)(C)C)c(O)c(C(C)(C)C)c1)COC(=O)C(C)Cc1cc(C(C)(C)C)c(O)c(C(C)(C)C)c1. The lowest BCUT2D eigenvalue weighted by atomic mass is 9.77. The van der Waals surface area contributed by atoms with Crippen LogP contribution < -0.4 is 0 Å². The highest BCUT2D eigenvalue weighted by Gasteiger charge is 2.41. The summed E-state index contributed by atoms with van der Waals surface area (Å²) in [6, 6.07) is 15.5. The Labute approximate surface area is 536 Å². The van der Waals surface area contributed by atoms with E-state index >= 15 is 0 Å². The first-order valence-electron chi connectivity index (χ1n) is 32.2. The van der Waals surface area contributed by atoms with Gasteiger partial charge in [0.25, 0.3) is 0 Å². The maximum Gasteiger partial charge on any atom is 0.309 e. The van der Waals surface area contributed by atoms with Gasteiger partial charge in [0.05, 0.1) is 23.7 Å². The number of aromatic hydroxyl groups is 4. The minimum absolute atomic E-state index is 0.220. The van der Waals surface area contributed by atoms with Gasteiger partial charge in [0.2, 0.25) is 0 Å². The lowest BCUT2D eigenvalue weighted by molar-refractivity contribution is -0.175. The maximum absolute atomic E-state index is 14.6. The normalized spacial score (nSPS) is 15.1. The van der Waals surface area contributed by atoms with Crippen molar-refractivity contribution in [1.82, 2.24) is 0 Å². The zero-order chi connectivity index (χ0) is 68.5. The van der Waals surface area contributed by atoms with E-state index in [1.165, 1.54) is 0 Å². The molecule has 89 heavy (non-hydrogen) atoms. The van der Waals surface area contributed by atoms with Gasteiger partial charge in [0, 0.05) is 0 Å². The highest BCUT2D eigenvalue weighted by molar-refractivity contribution is 5.75. The molecule has 496 valence electrons. The van der Waals surface area contributed by atoms with E-state index in [0.717, 1.165) is 66.8 Å². The molecular weight excluding hydrogens is 1120 g/mol. The highest BCUT2D eigenvalue weighted by atomic mass is 16.6. The second-order valence-corrected chi connectivity index (χ2v) is 34.5. The molecule has 0 aromatic heterocycles. The number of phenolic OH excluding ortho intramolecular Hbond substituents is 4. The zero-order valence-corrected chi connectivity index (χ0v) is 60.1. The van der Waals surface area contributed by atoms with Gasteiger partial charge in [-0.2, -0.15) is 0 Å². The van der Waals surface area contributed by atoms with Crippen LogP contribution in [0.1, 0.15) is 261 Å². The van der Waals surface area contributed by atoms with Gasteiger partial charge in [-0.15, -0.1) is 0 Å². The Balaban J connectivity index is 1.86. The van der Waals surface area contributed by atoms with Crippen LogP contribution in [-0.4, -0.2) is 70.7 Å². The van der Waals surface area contributed by atoms with Crippen molar-refractivity contribution in [3.8, 4) is 23.0 Å². The van der Waals surface area contributed by atoms with E-state index in [-0.39, 0.29) is 48.7 Å². The van der Waals surface area contributed by atoms with Crippen molar-refractivity contribution in [2.45, 2.75) is 263 Å². The van der Waals surface area contributed by atoms with Crippen LogP contribution in [0.3, 0.4) is 0 Å². The van der Waals surface area contributed by atoms with Gasteiger partial charge in [0.1, 0.15) is 54.8 Å². The van der Waals surface area contributed by atoms with Gasteiger partial charge in [-0.1, -0.05) is 242 Å². The number of hydrogen-bond donors (Lipinski definition) is 4. The Kier molecular flexibility index (Phi) is 23.2. The predicted molar refractivity (Wildman–Crippen MR) is 360 cm³/mol. The number of ether oxygens (including phenoxy) is 4. The molecule has 4 rings (SSSR count). The van der Waals surface area contributed by atoms with Crippen LogP contribution >= 0.6 is 0 Å². The van der Waals surface area contributed by atoms with E-state index in [0.29, 0.717) is 0 Å². The summed E-state index contributed by atoms with van der Waals surface area (Å²) >= 11 is 0. The van der Waals surface area contributed by atoms with E-state index in [1.54, 1.807) is 27.7 Å². The monoisotopic (exact) mass is 1230 g/mol. The fourth-order valence-electron chi connectivity index (χ4n) is 11.3. The lowest BCUT2D eigenvalue weighted by Crippen LogP contribution is -2.45. The van der Waals surface area contributed by atoms with Gasteiger partial charge >= 0.3 is 23.9 Å². The summed E-state index contributed by atoms with van der Waals surface area (Å²) in [5.41, 5.74) is 4.36. The molecule has 0 fully saturated rings. The quantitative estimate of drug-likeness (QED) is 0.0485. The van der Waals surface area contributed by atoms with Crippen molar-refractivity contribution in [2.24, 2.45) is 29.1 Å². The number of carbonyl (C=O) groups is 4. The third-order valence-corrected chi connectivity index (χ3v) is 17.0. The summed E-state index contributed by atoms with van der Waals surface area (Å²) in [5, 5.41) is 46.2. The largest absolute Gasteiger partial charge is 0.507 e. The standard InChI is InChI=1S/C77H116O12/c1-45(29-49-33-53(69(5,6)7)61(78)54(34-49)70(8,9)10)65(82)86-41-77(42-87-66(83)46(2)30-50-35-55(71(11,12)13)62(79)56(36-50)72(14,15)16,43-88-67(84)47(3)31-51-37-57(73(17,18)19)63(80)58(38-51)74(20,21)22)44-89-68(85)48(4)32-52-39-59(75(23,24)25)64(81)60(40-52)76(26,27)28/h33-40,45-48,78-81H,29-32,41-44H2,1-28H3. The summed E-state index contributed by atoms with van der Waals surface area (Å²) in [5.74, 6) is -4.41. The Hall–Kier alpha value is -6.04. The maximum atomic E-state index is 14.6. The van der Waals surface area contributed by atoms with Crippen molar-refractivity contribution >= 4 is 23.9 Å². The number of carbonyl (C=O) groups excluding carboxylic acids is 4. The summed E-state index contributed by atoms with van der Waals surface area (Å²) in [7, 11) is 0. The molecule has 0 saturated carbocycles. The number of esters is 4. The van der Waals surface area contributed by atoms with Crippen LogP contribution in [0.4, 0.5) is 0 Å². The minimum Gasteiger partial charge on any atom is -0.507 e. The first-order valence-corrected chi connectivity index (χ1v) is 32.2. The predicted octanol–water partition coefficient (Wildman–Crippen LogP) is 16.9. The highest BCUT2D eigenvalue weighted by Crippen LogP contribution is 2.45. The average molecular weight is 1230 g/mol. The molecule has 0 aliphatic rings. The molecule has 12 nitrogen and oxygen atoms in total. The molecule has 0 radical (unpaired) electrons. The fraction of sp³-hybridized carbons (Fsp3) is 0.636. The molecule has 4 unspecified atom stereocenters. The van der Waals surface area contributed by atoms with Gasteiger partial charge < -0.3 is 39.4 Å². The van der Waals surface area contributed by atoms with Gasteiger partial charge in [-0.25, -0.2) is 0 Å². The first kappa shape index (κ1) is 75.4. The molecule has 12 heteroatoms. The molecule has 0 spiro atoms. The third-order valence-electron chi connectivity index (χ3n) is 17.0. The van der Waals surface area contributed by atoms with Gasteiger partial charge in [-0.3, -0.25) is 19.2 Å². The van der Waals surface area contributed by atoms with E-state index < -0.39 is 123 Å². The summed E-state index contributed by atoms with van der Waals surface area (Å²) in [6.45, 7) is 53.8. The van der Waals surface area contributed by atoms with E-state index in [2.05, 4.69) is 0 Å². The molecule has 4 aromatic carbocycles. The topological polar surface area (TPSA) is 186 Å². The summed E-state index contributed by atoms with van der Waals surface area (Å²) in [6.07, 6.45) is 1.02. The van der Waals surface area contributed by atoms with Crippen molar-refractivity contribution in [3.63, 3.8) is 0 Å².